The van der Waals surface area contributed by atoms with Gasteiger partial charge in [0, 0.05) is 6.08 Å². The van der Waals surface area contributed by atoms with E-state index in [1.165, 1.54) is 20.8 Å². The van der Waals surface area contributed by atoms with Gasteiger partial charge >= 0.3 is 11.9 Å². The fourth-order valence-electron chi connectivity index (χ4n) is 1.15. The Bertz CT molecular complexity index is 565. The van der Waals surface area contributed by atoms with Crippen molar-refractivity contribution in [2.75, 3.05) is 5.75 Å². The standard InChI is InChI=1S/C7H13NO4S.C6H8O4/c1-4-6(9)8-7(2,3)5-13(10,11)12;1-3-5(7)10-4(2)6(8)9/h4H,1,5H2,2-3H3,(H,8,9)(H,10,11,12);3-4H,1H2,2H3,(H,8,9). The molecule has 1 atom stereocenters. The van der Waals surface area contributed by atoms with Crippen LogP contribution in [0, 0.1) is 0 Å². The molecule has 0 saturated carbocycles. The molecule has 1 amide bonds. The first-order chi connectivity index (χ1) is 10.2. The minimum absolute atomic E-state index is 0.478. The molecule has 0 aromatic carbocycles. The van der Waals surface area contributed by atoms with E-state index in [0.29, 0.717) is 0 Å². The Morgan fingerprint density at radius 2 is 1.74 bits per heavy atom. The lowest BCUT2D eigenvalue weighted by atomic mass is 10.1. The van der Waals surface area contributed by atoms with Gasteiger partial charge in [-0.1, -0.05) is 13.2 Å². The molecule has 0 bridgehead atoms. The van der Waals surface area contributed by atoms with Crippen molar-refractivity contribution < 1.29 is 37.2 Å². The average Bonchev–Trinajstić information content (AvgIpc) is 2.35. The molecule has 0 aliphatic heterocycles. The maximum atomic E-state index is 10.8. The number of carbonyl (C=O) groups excluding carboxylic acids is 2. The highest BCUT2D eigenvalue weighted by atomic mass is 32.2. The molecule has 3 N–H and O–H groups in total. The number of rotatable bonds is 7. The van der Waals surface area contributed by atoms with Gasteiger partial charge in [-0.25, -0.2) is 9.59 Å². The quantitative estimate of drug-likeness (QED) is 0.333. The van der Waals surface area contributed by atoms with Crippen molar-refractivity contribution in [3.8, 4) is 0 Å². The Kier molecular flexibility index (Phi) is 9.77. The van der Waals surface area contributed by atoms with Crippen molar-refractivity contribution >= 4 is 28.0 Å². The average molecular weight is 351 g/mol. The topological polar surface area (TPSA) is 147 Å². The first-order valence-electron chi connectivity index (χ1n) is 6.19. The van der Waals surface area contributed by atoms with Crippen LogP contribution in [0.15, 0.2) is 25.3 Å². The van der Waals surface area contributed by atoms with Crippen LogP contribution in [0.1, 0.15) is 20.8 Å². The molecule has 0 aliphatic rings. The molecule has 0 saturated heterocycles. The molecular formula is C13H21NO8S. The van der Waals surface area contributed by atoms with Crippen molar-refractivity contribution in [1.29, 1.82) is 0 Å². The molecule has 10 heteroatoms. The Morgan fingerprint density at radius 1 is 1.26 bits per heavy atom. The van der Waals surface area contributed by atoms with Gasteiger partial charge in [-0.05, 0) is 26.8 Å². The zero-order valence-corrected chi connectivity index (χ0v) is 13.9. The van der Waals surface area contributed by atoms with Gasteiger partial charge in [0.05, 0.1) is 11.3 Å². The molecule has 9 nitrogen and oxygen atoms in total. The van der Waals surface area contributed by atoms with E-state index in [-0.39, 0.29) is 0 Å². The van der Waals surface area contributed by atoms with E-state index in [2.05, 4.69) is 23.2 Å². The summed E-state index contributed by atoms with van der Waals surface area (Å²) in [5, 5.41) is 10.6. The van der Waals surface area contributed by atoms with Crippen molar-refractivity contribution in [2.24, 2.45) is 0 Å². The third-order valence-electron chi connectivity index (χ3n) is 2.00. The molecule has 0 spiro atoms. The molecule has 0 fully saturated rings. The highest BCUT2D eigenvalue weighted by molar-refractivity contribution is 7.85. The summed E-state index contributed by atoms with van der Waals surface area (Å²) >= 11 is 0. The van der Waals surface area contributed by atoms with Crippen molar-refractivity contribution in [3.63, 3.8) is 0 Å². The van der Waals surface area contributed by atoms with E-state index in [4.69, 9.17) is 9.66 Å². The minimum atomic E-state index is -4.08. The fraction of sp³-hybridized carbons (Fsp3) is 0.462. The van der Waals surface area contributed by atoms with Crippen LogP contribution in [-0.4, -0.2) is 53.3 Å². The zero-order valence-electron chi connectivity index (χ0n) is 13.1. The van der Waals surface area contributed by atoms with Crippen molar-refractivity contribution in [1.82, 2.24) is 5.32 Å². The van der Waals surface area contributed by atoms with E-state index in [1.54, 1.807) is 0 Å². The third kappa shape index (κ3) is 14.5. The second kappa shape index (κ2) is 9.74. The normalized spacial score (nSPS) is 12.0. The van der Waals surface area contributed by atoms with Gasteiger partial charge in [0.1, 0.15) is 0 Å². The molecular weight excluding hydrogens is 330 g/mol. The Hall–Kier alpha value is -2.20. The van der Waals surface area contributed by atoms with Crippen LogP contribution < -0.4 is 5.32 Å². The summed E-state index contributed by atoms with van der Waals surface area (Å²) in [6.45, 7) is 10.6. The maximum Gasteiger partial charge on any atom is 0.344 e. The van der Waals surface area contributed by atoms with Crippen LogP contribution in [0.3, 0.4) is 0 Å². The number of carboxylic acid groups (broad SMARTS) is 1. The lowest BCUT2D eigenvalue weighted by molar-refractivity contribution is -0.159. The number of amides is 1. The van der Waals surface area contributed by atoms with Gasteiger partial charge in [-0.15, -0.1) is 0 Å². The van der Waals surface area contributed by atoms with Gasteiger partial charge in [-0.2, -0.15) is 8.42 Å². The molecule has 0 aromatic heterocycles. The van der Waals surface area contributed by atoms with E-state index < -0.39 is 45.4 Å². The van der Waals surface area contributed by atoms with Crippen LogP contribution in [0.5, 0.6) is 0 Å². The number of hydrogen-bond donors (Lipinski definition) is 3. The lowest BCUT2D eigenvalue weighted by Gasteiger charge is -2.23. The Labute approximate surface area is 134 Å². The third-order valence-corrected chi connectivity index (χ3v) is 3.08. The van der Waals surface area contributed by atoms with Gasteiger partial charge in [0.25, 0.3) is 10.1 Å². The summed E-state index contributed by atoms with van der Waals surface area (Å²) in [4.78, 5) is 31.2. The molecule has 1 unspecified atom stereocenters. The van der Waals surface area contributed by atoms with E-state index in [1.807, 2.05) is 0 Å². The van der Waals surface area contributed by atoms with Crippen molar-refractivity contribution in [3.05, 3.63) is 25.3 Å². The molecule has 0 aliphatic carbocycles. The smallest absolute Gasteiger partial charge is 0.344 e. The van der Waals surface area contributed by atoms with Crippen LogP contribution in [0.2, 0.25) is 0 Å². The number of esters is 1. The summed E-state index contributed by atoms with van der Waals surface area (Å²) < 4.78 is 33.8. The predicted octanol–water partition coefficient (Wildman–Crippen LogP) is 0.144. The van der Waals surface area contributed by atoms with Crippen LogP contribution in [0.25, 0.3) is 0 Å². The van der Waals surface area contributed by atoms with Gasteiger partial charge in [0.15, 0.2) is 6.10 Å². The Balaban J connectivity index is 0. The number of aliphatic carboxylic acids is 1. The number of carbonyl (C=O) groups is 3. The molecule has 0 rings (SSSR count). The second-order valence-electron chi connectivity index (χ2n) is 4.92. The van der Waals surface area contributed by atoms with Gasteiger partial charge in [0.2, 0.25) is 5.91 Å². The van der Waals surface area contributed by atoms with Crippen molar-refractivity contribution in [2.45, 2.75) is 32.4 Å². The summed E-state index contributed by atoms with van der Waals surface area (Å²) in [7, 11) is -4.08. The minimum Gasteiger partial charge on any atom is -0.479 e. The zero-order chi connectivity index (χ0) is 18.8. The number of ether oxygens (including phenoxy) is 1. The number of nitrogens with one attached hydrogen (secondary N) is 1. The molecule has 23 heavy (non-hydrogen) atoms. The van der Waals surface area contributed by atoms with Crippen LogP contribution in [0.4, 0.5) is 0 Å². The van der Waals surface area contributed by atoms with Crippen LogP contribution in [-0.2, 0) is 29.2 Å². The summed E-state index contributed by atoms with van der Waals surface area (Å²) in [5.74, 6) is -2.90. The highest BCUT2D eigenvalue weighted by Crippen LogP contribution is 2.05. The molecule has 132 valence electrons. The first kappa shape index (κ1) is 23.1. The second-order valence-corrected chi connectivity index (χ2v) is 6.38. The van der Waals surface area contributed by atoms with Crippen LogP contribution >= 0.6 is 0 Å². The number of hydrogen-bond acceptors (Lipinski definition) is 6. The SMILES string of the molecule is C=CC(=O)NC(C)(C)CS(=O)(=O)O.C=CC(=O)OC(C)C(=O)O. The van der Waals surface area contributed by atoms with Gasteiger partial charge < -0.3 is 15.2 Å². The first-order valence-corrected chi connectivity index (χ1v) is 7.80. The summed E-state index contributed by atoms with van der Waals surface area (Å²) in [5.41, 5.74) is -1.00. The molecule has 0 aromatic rings. The lowest BCUT2D eigenvalue weighted by Crippen LogP contribution is -2.47. The highest BCUT2D eigenvalue weighted by Gasteiger charge is 2.25. The Morgan fingerprint density at radius 3 is 2.04 bits per heavy atom. The number of carboxylic acids is 1. The fourth-order valence-corrected chi connectivity index (χ4v) is 2.13. The van der Waals surface area contributed by atoms with E-state index >= 15 is 0 Å². The largest absolute Gasteiger partial charge is 0.479 e. The monoisotopic (exact) mass is 351 g/mol. The molecule has 0 heterocycles. The van der Waals surface area contributed by atoms with Gasteiger partial charge in [-0.3, -0.25) is 9.35 Å². The summed E-state index contributed by atoms with van der Waals surface area (Å²) in [6, 6.07) is 0. The van der Waals surface area contributed by atoms with E-state index in [0.717, 1.165) is 12.2 Å². The molecule has 0 radical (unpaired) electrons. The van der Waals surface area contributed by atoms with E-state index in [9.17, 15) is 22.8 Å². The summed E-state index contributed by atoms with van der Waals surface area (Å²) in [6.07, 6.45) is 0.844. The predicted molar refractivity (Wildman–Crippen MR) is 82.2 cm³/mol. The maximum absolute atomic E-state index is 10.8.